The smallest absolute Gasteiger partial charge is 0.407 e. The third kappa shape index (κ3) is 6.79. The van der Waals surface area contributed by atoms with Gasteiger partial charge in [-0.3, -0.25) is 0 Å². The van der Waals surface area contributed by atoms with Crippen LogP contribution in [0.15, 0.2) is 30.3 Å². The molecule has 0 aromatic heterocycles. The van der Waals surface area contributed by atoms with E-state index in [0.29, 0.717) is 13.2 Å². The molecule has 0 aliphatic rings. The van der Waals surface area contributed by atoms with Gasteiger partial charge in [-0.2, -0.15) is 0 Å². The summed E-state index contributed by atoms with van der Waals surface area (Å²) in [5.74, 6) is 0. The van der Waals surface area contributed by atoms with Gasteiger partial charge in [-0.1, -0.05) is 37.3 Å². The van der Waals surface area contributed by atoms with Gasteiger partial charge in [0.05, 0.1) is 6.61 Å². The quantitative estimate of drug-likeness (QED) is 0.749. The Morgan fingerprint density at radius 3 is 2.68 bits per heavy atom. The molecule has 2 N–H and O–H groups in total. The van der Waals surface area contributed by atoms with Crippen molar-refractivity contribution < 1.29 is 14.3 Å². The molecule has 1 amide bonds. The predicted molar refractivity (Wildman–Crippen MR) is 74.0 cm³/mol. The zero-order valence-electron chi connectivity index (χ0n) is 11.5. The number of amides is 1. The van der Waals surface area contributed by atoms with Gasteiger partial charge in [-0.05, 0) is 12.1 Å². The largest absolute Gasteiger partial charge is 0.445 e. The third-order valence-electron chi connectivity index (χ3n) is 2.57. The van der Waals surface area contributed by atoms with Gasteiger partial charge in [-0.25, -0.2) is 4.79 Å². The molecule has 0 spiro atoms. The molecule has 0 aliphatic heterocycles. The summed E-state index contributed by atoms with van der Waals surface area (Å²) in [5.41, 5.74) is 0.970. The fourth-order valence-electron chi connectivity index (χ4n) is 1.66. The Morgan fingerprint density at radius 2 is 2.05 bits per heavy atom. The van der Waals surface area contributed by atoms with E-state index in [1.54, 1.807) is 7.11 Å². The van der Waals surface area contributed by atoms with Gasteiger partial charge in [0.1, 0.15) is 6.61 Å². The number of rotatable bonds is 8. The van der Waals surface area contributed by atoms with Gasteiger partial charge in [0, 0.05) is 19.7 Å². The average molecular weight is 266 g/mol. The fourth-order valence-corrected chi connectivity index (χ4v) is 1.66. The van der Waals surface area contributed by atoms with Crippen molar-refractivity contribution in [3.05, 3.63) is 35.9 Å². The van der Waals surface area contributed by atoms with E-state index in [0.717, 1.165) is 12.1 Å². The summed E-state index contributed by atoms with van der Waals surface area (Å²) in [5, 5.41) is 5.94. The minimum atomic E-state index is -0.414. The van der Waals surface area contributed by atoms with Crippen LogP contribution in [0.2, 0.25) is 0 Å². The lowest BCUT2D eigenvalue weighted by molar-refractivity contribution is 0.132. The van der Waals surface area contributed by atoms with E-state index in [4.69, 9.17) is 9.47 Å². The van der Waals surface area contributed by atoms with Crippen molar-refractivity contribution in [2.24, 2.45) is 0 Å². The number of ether oxygens (including phenoxy) is 2. The second kappa shape index (κ2) is 9.35. The van der Waals surface area contributed by atoms with Crippen LogP contribution in [-0.2, 0) is 16.1 Å². The highest BCUT2D eigenvalue weighted by Gasteiger charge is 2.09. The molecule has 1 rings (SSSR count). The van der Waals surface area contributed by atoms with Crippen molar-refractivity contribution in [1.29, 1.82) is 0 Å². The lowest BCUT2D eigenvalue weighted by Crippen LogP contribution is -2.43. The molecule has 0 heterocycles. The number of carbonyl (C=O) groups is 1. The molecule has 5 nitrogen and oxygen atoms in total. The molecule has 1 aromatic rings. The van der Waals surface area contributed by atoms with Crippen LogP contribution in [0.3, 0.4) is 0 Å². The summed E-state index contributed by atoms with van der Waals surface area (Å²) in [7, 11) is 1.64. The lowest BCUT2D eigenvalue weighted by atomic mass is 10.2. The minimum absolute atomic E-state index is 0.0966. The number of nitrogens with one attached hydrogen (secondary N) is 2. The lowest BCUT2D eigenvalue weighted by Gasteiger charge is -2.17. The Kier molecular flexibility index (Phi) is 7.62. The Labute approximate surface area is 114 Å². The number of hydrogen-bond donors (Lipinski definition) is 2. The average Bonchev–Trinajstić information content (AvgIpc) is 2.44. The van der Waals surface area contributed by atoms with Gasteiger partial charge in [0.25, 0.3) is 0 Å². The summed E-state index contributed by atoms with van der Waals surface area (Å²) in [6, 6.07) is 9.68. The summed E-state index contributed by atoms with van der Waals surface area (Å²) < 4.78 is 10.2. The van der Waals surface area contributed by atoms with Crippen molar-refractivity contribution in [2.45, 2.75) is 19.6 Å². The molecule has 1 unspecified atom stereocenters. The first-order chi connectivity index (χ1) is 9.26. The molecule has 106 valence electrons. The van der Waals surface area contributed by atoms with E-state index >= 15 is 0 Å². The van der Waals surface area contributed by atoms with Crippen LogP contribution < -0.4 is 10.6 Å². The molecular formula is C14H22N2O3. The Morgan fingerprint density at radius 1 is 1.32 bits per heavy atom. The van der Waals surface area contributed by atoms with E-state index in [1.165, 1.54) is 0 Å². The number of likely N-dealkylation sites (N-methyl/N-ethyl adjacent to an activating group) is 1. The molecule has 0 saturated heterocycles. The fraction of sp³-hybridized carbons (Fsp3) is 0.500. The molecule has 0 fully saturated rings. The Bertz CT molecular complexity index is 351. The highest BCUT2D eigenvalue weighted by Crippen LogP contribution is 2.00. The maximum Gasteiger partial charge on any atom is 0.407 e. The number of carbonyl (C=O) groups excluding carboxylic acids is 1. The minimum Gasteiger partial charge on any atom is -0.445 e. The SMILES string of the molecule is CCNC(CNC(=O)OCc1ccccc1)COC. The predicted octanol–water partition coefficient (Wildman–Crippen LogP) is 1.54. The maximum absolute atomic E-state index is 11.5. The van der Waals surface area contributed by atoms with Gasteiger partial charge in [0.2, 0.25) is 0 Å². The summed E-state index contributed by atoms with van der Waals surface area (Å²) >= 11 is 0. The standard InChI is InChI=1S/C14H22N2O3/c1-3-15-13(11-18-2)9-16-14(17)19-10-12-7-5-4-6-8-12/h4-8,13,15H,3,9-11H2,1-2H3,(H,16,17). The molecule has 1 atom stereocenters. The normalized spacial score (nSPS) is 11.9. The first kappa shape index (κ1) is 15.5. The molecule has 0 radical (unpaired) electrons. The van der Waals surface area contributed by atoms with E-state index < -0.39 is 6.09 Å². The monoisotopic (exact) mass is 266 g/mol. The molecule has 0 bridgehead atoms. The first-order valence-electron chi connectivity index (χ1n) is 6.43. The van der Waals surface area contributed by atoms with Gasteiger partial charge in [0.15, 0.2) is 0 Å². The highest BCUT2D eigenvalue weighted by atomic mass is 16.5. The van der Waals surface area contributed by atoms with Crippen molar-refractivity contribution >= 4 is 6.09 Å². The Balaban J connectivity index is 2.23. The van der Waals surface area contributed by atoms with Crippen molar-refractivity contribution in [2.75, 3.05) is 26.8 Å². The van der Waals surface area contributed by atoms with Crippen LogP contribution in [-0.4, -0.2) is 38.9 Å². The number of alkyl carbamates (subject to hydrolysis) is 1. The van der Waals surface area contributed by atoms with Crippen molar-refractivity contribution in [1.82, 2.24) is 10.6 Å². The van der Waals surface area contributed by atoms with Gasteiger partial charge >= 0.3 is 6.09 Å². The second-order valence-electron chi connectivity index (χ2n) is 4.15. The second-order valence-corrected chi connectivity index (χ2v) is 4.15. The van der Waals surface area contributed by atoms with Gasteiger partial charge < -0.3 is 20.1 Å². The highest BCUT2D eigenvalue weighted by molar-refractivity contribution is 5.67. The van der Waals surface area contributed by atoms with Crippen LogP contribution >= 0.6 is 0 Å². The van der Waals surface area contributed by atoms with Crippen LogP contribution in [0, 0.1) is 0 Å². The molecule has 0 aliphatic carbocycles. The van der Waals surface area contributed by atoms with Crippen LogP contribution in [0.5, 0.6) is 0 Å². The first-order valence-corrected chi connectivity index (χ1v) is 6.43. The van der Waals surface area contributed by atoms with Crippen LogP contribution in [0.4, 0.5) is 4.79 Å². The molecule has 1 aromatic carbocycles. The topological polar surface area (TPSA) is 59.6 Å². The zero-order chi connectivity index (χ0) is 13.9. The molecular weight excluding hydrogens is 244 g/mol. The maximum atomic E-state index is 11.5. The van der Waals surface area contributed by atoms with E-state index in [9.17, 15) is 4.79 Å². The van der Waals surface area contributed by atoms with E-state index in [2.05, 4.69) is 10.6 Å². The Hall–Kier alpha value is -1.59. The third-order valence-corrected chi connectivity index (χ3v) is 2.57. The van der Waals surface area contributed by atoms with Crippen molar-refractivity contribution in [3.63, 3.8) is 0 Å². The summed E-state index contributed by atoms with van der Waals surface area (Å²) in [6.45, 7) is 4.15. The number of benzene rings is 1. The molecule has 0 saturated carbocycles. The van der Waals surface area contributed by atoms with Crippen LogP contribution in [0.1, 0.15) is 12.5 Å². The van der Waals surface area contributed by atoms with Gasteiger partial charge in [-0.15, -0.1) is 0 Å². The van der Waals surface area contributed by atoms with Crippen LogP contribution in [0.25, 0.3) is 0 Å². The number of methoxy groups -OCH3 is 1. The van der Waals surface area contributed by atoms with Crippen molar-refractivity contribution in [3.8, 4) is 0 Å². The van der Waals surface area contributed by atoms with E-state index in [1.807, 2.05) is 37.3 Å². The molecule has 19 heavy (non-hydrogen) atoms. The summed E-state index contributed by atoms with van der Waals surface area (Å²) in [4.78, 5) is 11.5. The number of hydrogen-bond acceptors (Lipinski definition) is 4. The van der Waals surface area contributed by atoms with E-state index in [-0.39, 0.29) is 12.6 Å². The summed E-state index contributed by atoms with van der Waals surface area (Å²) in [6.07, 6.45) is -0.414. The zero-order valence-corrected chi connectivity index (χ0v) is 11.5. The molecule has 5 heteroatoms.